The fraction of sp³-hybridized carbons (Fsp3) is 0.125. The first-order valence-electron chi connectivity index (χ1n) is 3.03. The summed E-state index contributed by atoms with van der Waals surface area (Å²) >= 11 is 0. The highest BCUT2D eigenvalue weighted by atomic mass is 19.1. The van der Waals surface area contributed by atoms with Crippen molar-refractivity contribution >= 4 is 0 Å². The molecule has 0 aromatic heterocycles. The minimum Gasteiger partial charge on any atom is -0.493 e. The molecule has 0 unspecified atom stereocenters. The third kappa shape index (κ3) is 1.61. The van der Waals surface area contributed by atoms with Crippen LogP contribution in [0.4, 0.5) is 4.39 Å². The third-order valence-corrected chi connectivity index (χ3v) is 1.28. The van der Waals surface area contributed by atoms with Crippen LogP contribution in [-0.2, 0) is 0 Å². The SMILES string of the molecule is [CH2]Oc1cc(F)ccc1OC. The Morgan fingerprint density at radius 1 is 1.36 bits per heavy atom. The standard InChI is InChI=1S/C8H8FO2/c1-10-7-4-3-6(9)5-8(7)11-2/h3-5H,2H2,1H3. The van der Waals surface area contributed by atoms with Gasteiger partial charge in [0, 0.05) is 6.07 Å². The minimum absolute atomic E-state index is 0.299. The molecule has 3 heteroatoms. The van der Waals surface area contributed by atoms with Crippen LogP contribution in [0.1, 0.15) is 0 Å². The number of halogens is 1. The molecule has 1 rings (SSSR count). The molecular weight excluding hydrogens is 147 g/mol. The van der Waals surface area contributed by atoms with E-state index >= 15 is 0 Å². The Kier molecular flexibility index (Phi) is 2.31. The summed E-state index contributed by atoms with van der Waals surface area (Å²) in [6.07, 6.45) is 0. The van der Waals surface area contributed by atoms with Crippen molar-refractivity contribution in [3.8, 4) is 11.5 Å². The van der Waals surface area contributed by atoms with Gasteiger partial charge in [-0.3, -0.25) is 0 Å². The number of hydrogen-bond donors (Lipinski definition) is 0. The van der Waals surface area contributed by atoms with Crippen LogP contribution in [-0.4, -0.2) is 7.11 Å². The lowest BCUT2D eigenvalue weighted by atomic mass is 10.3. The van der Waals surface area contributed by atoms with Crippen LogP contribution in [0.15, 0.2) is 18.2 Å². The number of methoxy groups -OCH3 is 1. The van der Waals surface area contributed by atoms with Crippen molar-refractivity contribution in [3.05, 3.63) is 31.1 Å². The lowest BCUT2D eigenvalue weighted by Crippen LogP contribution is -1.88. The topological polar surface area (TPSA) is 18.5 Å². The Labute approximate surface area is 64.6 Å². The van der Waals surface area contributed by atoms with E-state index in [0.717, 1.165) is 0 Å². The van der Waals surface area contributed by atoms with Crippen LogP contribution in [0.25, 0.3) is 0 Å². The summed E-state index contributed by atoms with van der Waals surface area (Å²) in [7, 11) is 4.64. The maximum Gasteiger partial charge on any atom is 0.164 e. The summed E-state index contributed by atoms with van der Waals surface area (Å²) in [6.45, 7) is 0. The molecule has 0 N–H and O–H groups in total. The molecule has 0 aliphatic rings. The van der Waals surface area contributed by atoms with Gasteiger partial charge >= 0.3 is 0 Å². The molecule has 0 saturated carbocycles. The lowest BCUT2D eigenvalue weighted by Gasteiger charge is -2.05. The van der Waals surface area contributed by atoms with Crippen LogP contribution >= 0.6 is 0 Å². The second-order valence-corrected chi connectivity index (χ2v) is 1.94. The van der Waals surface area contributed by atoms with Crippen LogP contribution < -0.4 is 9.47 Å². The number of ether oxygens (including phenoxy) is 2. The average molecular weight is 155 g/mol. The highest BCUT2D eigenvalue weighted by Crippen LogP contribution is 2.26. The Bertz CT molecular complexity index is 248. The maximum absolute atomic E-state index is 12.5. The summed E-state index contributed by atoms with van der Waals surface area (Å²) in [4.78, 5) is 0. The van der Waals surface area contributed by atoms with E-state index in [4.69, 9.17) is 4.74 Å². The number of rotatable bonds is 2. The van der Waals surface area contributed by atoms with Gasteiger partial charge in [-0.1, -0.05) is 0 Å². The van der Waals surface area contributed by atoms with Crippen LogP contribution in [0.2, 0.25) is 0 Å². The van der Waals surface area contributed by atoms with E-state index in [1.54, 1.807) is 0 Å². The number of hydrogen-bond acceptors (Lipinski definition) is 2. The molecule has 0 spiro atoms. The highest BCUT2D eigenvalue weighted by molar-refractivity contribution is 5.39. The molecule has 1 aromatic carbocycles. The van der Waals surface area contributed by atoms with Crippen LogP contribution in [0, 0.1) is 12.9 Å². The summed E-state index contributed by atoms with van der Waals surface area (Å²) in [5.41, 5.74) is 0. The van der Waals surface area contributed by atoms with Gasteiger partial charge in [0.25, 0.3) is 0 Å². The molecule has 0 aliphatic heterocycles. The monoisotopic (exact) mass is 155 g/mol. The van der Waals surface area contributed by atoms with Crippen molar-refractivity contribution in [2.75, 3.05) is 7.11 Å². The zero-order chi connectivity index (χ0) is 8.27. The van der Waals surface area contributed by atoms with Gasteiger partial charge < -0.3 is 9.47 Å². The predicted octanol–water partition coefficient (Wildman–Crippen LogP) is 2.00. The molecule has 1 radical (unpaired) electrons. The Balaban J connectivity index is 3.06. The van der Waals surface area contributed by atoms with Gasteiger partial charge in [-0.2, -0.15) is 0 Å². The zero-order valence-corrected chi connectivity index (χ0v) is 6.13. The zero-order valence-electron chi connectivity index (χ0n) is 6.13. The van der Waals surface area contributed by atoms with Crippen molar-refractivity contribution in [2.45, 2.75) is 0 Å². The molecule has 0 heterocycles. The summed E-state index contributed by atoms with van der Waals surface area (Å²) in [5, 5.41) is 0. The van der Waals surface area contributed by atoms with E-state index in [2.05, 4.69) is 11.8 Å². The summed E-state index contributed by atoms with van der Waals surface area (Å²) in [6, 6.07) is 3.99. The van der Waals surface area contributed by atoms with Crippen molar-refractivity contribution in [1.29, 1.82) is 0 Å². The predicted molar refractivity (Wildman–Crippen MR) is 38.9 cm³/mol. The van der Waals surface area contributed by atoms with E-state index < -0.39 is 0 Å². The summed E-state index contributed by atoms with van der Waals surface area (Å²) < 4.78 is 22.0. The van der Waals surface area contributed by atoms with Gasteiger partial charge in [-0.25, -0.2) is 4.39 Å². The number of benzene rings is 1. The second kappa shape index (κ2) is 3.23. The van der Waals surface area contributed by atoms with Crippen LogP contribution in [0.3, 0.4) is 0 Å². The van der Waals surface area contributed by atoms with Crippen molar-refractivity contribution < 1.29 is 13.9 Å². The van der Waals surface area contributed by atoms with Crippen LogP contribution in [0.5, 0.6) is 11.5 Å². The largest absolute Gasteiger partial charge is 0.493 e. The summed E-state index contributed by atoms with van der Waals surface area (Å²) in [5.74, 6) is 0.401. The van der Waals surface area contributed by atoms with E-state index in [9.17, 15) is 4.39 Å². The van der Waals surface area contributed by atoms with Crippen molar-refractivity contribution in [1.82, 2.24) is 0 Å². The molecule has 0 fully saturated rings. The maximum atomic E-state index is 12.5. The minimum atomic E-state index is -0.371. The first-order valence-corrected chi connectivity index (χ1v) is 3.03. The van der Waals surface area contributed by atoms with Gasteiger partial charge in [-0.15, -0.1) is 0 Å². The molecule has 0 amide bonds. The van der Waals surface area contributed by atoms with Gasteiger partial charge in [0.15, 0.2) is 11.5 Å². The fourth-order valence-electron chi connectivity index (χ4n) is 0.763. The van der Waals surface area contributed by atoms with Gasteiger partial charge in [0.05, 0.1) is 7.11 Å². The van der Waals surface area contributed by atoms with Gasteiger partial charge in [0.2, 0.25) is 0 Å². The second-order valence-electron chi connectivity index (χ2n) is 1.94. The first-order chi connectivity index (χ1) is 5.27. The van der Waals surface area contributed by atoms with E-state index in [1.165, 1.54) is 25.3 Å². The molecule has 1 aromatic rings. The highest BCUT2D eigenvalue weighted by Gasteiger charge is 2.02. The van der Waals surface area contributed by atoms with E-state index in [0.29, 0.717) is 11.5 Å². The van der Waals surface area contributed by atoms with E-state index in [1.807, 2.05) is 0 Å². The van der Waals surface area contributed by atoms with Crippen molar-refractivity contribution in [2.24, 2.45) is 0 Å². The molecule has 11 heavy (non-hydrogen) atoms. The molecule has 2 nitrogen and oxygen atoms in total. The lowest BCUT2D eigenvalue weighted by molar-refractivity contribution is 0.373. The molecule has 59 valence electrons. The molecule has 0 bridgehead atoms. The Morgan fingerprint density at radius 3 is 2.64 bits per heavy atom. The van der Waals surface area contributed by atoms with Crippen molar-refractivity contribution in [3.63, 3.8) is 0 Å². The Morgan fingerprint density at radius 2 is 2.09 bits per heavy atom. The molecule has 0 saturated heterocycles. The quantitative estimate of drug-likeness (QED) is 0.650. The average Bonchev–Trinajstić information content (AvgIpc) is 2.04. The van der Waals surface area contributed by atoms with Gasteiger partial charge in [0.1, 0.15) is 12.9 Å². The fourth-order valence-corrected chi connectivity index (χ4v) is 0.763. The molecule has 0 aliphatic carbocycles. The molecular formula is C8H8FO2. The van der Waals surface area contributed by atoms with E-state index in [-0.39, 0.29) is 5.82 Å². The van der Waals surface area contributed by atoms with Gasteiger partial charge in [-0.05, 0) is 12.1 Å². The molecule has 0 atom stereocenters. The Hall–Kier alpha value is -1.25. The third-order valence-electron chi connectivity index (χ3n) is 1.28. The normalized spacial score (nSPS) is 9.36. The first kappa shape index (κ1) is 7.85. The smallest absolute Gasteiger partial charge is 0.164 e.